The maximum atomic E-state index is 11.8. The number of hydrogen-bond acceptors (Lipinski definition) is 2. The second kappa shape index (κ2) is 8.11. The van der Waals surface area contributed by atoms with Crippen LogP contribution >= 0.6 is 0 Å². The molecule has 0 radical (unpaired) electrons. The molecule has 1 aliphatic rings. The third-order valence-corrected chi connectivity index (χ3v) is 4.70. The van der Waals surface area contributed by atoms with Gasteiger partial charge in [0.15, 0.2) is 0 Å². The van der Waals surface area contributed by atoms with Gasteiger partial charge in [-0.2, -0.15) is 0 Å². The Labute approximate surface area is 139 Å². The van der Waals surface area contributed by atoms with Crippen molar-refractivity contribution in [1.82, 2.24) is 4.90 Å². The number of aliphatic carboxylic acids is 1. The summed E-state index contributed by atoms with van der Waals surface area (Å²) in [6, 6.07) is 10.3. The Morgan fingerprint density at radius 2 is 1.91 bits per heavy atom. The molecule has 2 atom stereocenters. The predicted molar refractivity (Wildman–Crippen MR) is 94.4 cm³/mol. The molecule has 3 heteroatoms. The summed E-state index contributed by atoms with van der Waals surface area (Å²) in [5, 5.41) is 9.68. The average Bonchev–Trinajstić information content (AvgIpc) is 2.54. The molecule has 2 rings (SSSR count). The van der Waals surface area contributed by atoms with Crippen molar-refractivity contribution >= 4 is 5.97 Å². The van der Waals surface area contributed by atoms with Gasteiger partial charge in [0.2, 0.25) is 0 Å². The number of aryl methyl sites for hydroxylation is 1. The van der Waals surface area contributed by atoms with Gasteiger partial charge >= 0.3 is 5.97 Å². The van der Waals surface area contributed by atoms with E-state index in [1.165, 1.54) is 5.56 Å². The van der Waals surface area contributed by atoms with Gasteiger partial charge in [-0.05, 0) is 51.9 Å². The second-order valence-corrected chi connectivity index (χ2v) is 6.69. The van der Waals surface area contributed by atoms with E-state index in [-0.39, 0.29) is 5.41 Å². The Morgan fingerprint density at radius 3 is 2.57 bits per heavy atom. The molecule has 23 heavy (non-hydrogen) atoms. The first-order chi connectivity index (χ1) is 11.0. The lowest BCUT2D eigenvalue weighted by Gasteiger charge is -2.37. The van der Waals surface area contributed by atoms with Crippen molar-refractivity contribution in [2.45, 2.75) is 25.7 Å². The number of nitrogens with zero attached hydrogens (tertiary/aromatic N) is 1. The highest BCUT2D eigenvalue weighted by Gasteiger charge is 2.39. The summed E-state index contributed by atoms with van der Waals surface area (Å²) in [5.74, 6) is -1.15. The molecule has 2 unspecified atom stereocenters. The summed E-state index contributed by atoms with van der Waals surface area (Å²) in [7, 11) is 4.11. The molecule has 0 bridgehead atoms. The monoisotopic (exact) mass is 313 g/mol. The fraction of sp³-hybridized carbons (Fsp3) is 0.450. The molecule has 0 heterocycles. The van der Waals surface area contributed by atoms with Crippen LogP contribution < -0.4 is 0 Å². The van der Waals surface area contributed by atoms with Gasteiger partial charge in [-0.25, -0.2) is 0 Å². The van der Waals surface area contributed by atoms with Crippen molar-refractivity contribution in [1.29, 1.82) is 0 Å². The van der Waals surface area contributed by atoms with E-state index in [4.69, 9.17) is 0 Å². The lowest BCUT2D eigenvalue weighted by atomic mass is 9.66. The van der Waals surface area contributed by atoms with Crippen LogP contribution in [0.4, 0.5) is 0 Å². The fourth-order valence-corrected chi connectivity index (χ4v) is 3.39. The molecule has 0 saturated heterocycles. The van der Waals surface area contributed by atoms with Gasteiger partial charge in [-0.3, -0.25) is 4.79 Å². The van der Waals surface area contributed by atoms with E-state index < -0.39 is 11.9 Å². The quantitative estimate of drug-likeness (QED) is 0.794. The molecule has 0 aliphatic heterocycles. The highest BCUT2D eigenvalue weighted by molar-refractivity contribution is 5.74. The highest BCUT2D eigenvalue weighted by atomic mass is 16.4. The molecule has 3 nitrogen and oxygen atoms in total. The van der Waals surface area contributed by atoms with E-state index in [0.29, 0.717) is 0 Å². The number of benzene rings is 1. The van der Waals surface area contributed by atoms with Crippen LogP contribution in [0, 0.1) is 11.3 Å². The number of hydrogen-bond donors (Lipinski definition) is 1. The first-order valence-corrected chi connectivity index (χ1v) is 8.31. The Balaban J connectivity index is 2.14. The predicted octanol–water partition coefficient (Wildman–Crippen LogP) is 3.77. The van der Waals surface area contributed by atoms with Gasteiger partial charge in [-0.15, -0.1) is 0 Å². The van der Waals surface area contributed by atoms with Gasteiger partial charge < -0.3 is 10.0 Å². The molecule has 0 aromatic heterocycles. The van der Waals surface area contributed by atoms with Gasteiger partial charge in [0.05, 0.1) is 5.92 Å². The third-order valence-electron chi connectivity index (χ3n) is 4.70. The van der Waals surface area contributed by atoms with Gasteiger partial charge in [0.25, 0.3) is 0 Å². The lowest BCUT2D eigenvalue weighted by molar-refractivity contribution is -0.143. The van der Waals surface area contributed by atoms with Gasteiger partial charge in [-0.1, -0.05) is 54.6 Å². The van der Waals surface area contributed by atoms with Crippen molar-refractivity contribution in [2.24, 2.45) is 11.3 Å². The summed E-state index contributed by atoms with van der Waals surface area (Å²) in [6.45, 7) is 0.983. The maximum absolute atomic E-state index is 11.8. The number of allylic oxidation sites excluding steroid dienone is 3. The highest BCUT2D eigenvalue weighted by Crippen LogP contribution is 2.42. The van der Waals surface area contributed by atoms with Crippen LogP contribution in [0.15, 0.2) is 54.6 Å². The summed E-state index contributed by atoms with van der Waals surface area (Å²) < 4.78 is 0. The van der Waals surface area contributed by atoms with Crippen LogP contribution in [-0.4, -0.2) is 36.6 Å². The molecule has 1 N–H and O–H groups in total. The topological polar surface area (TPSA) is 40.5 Å². The minimum Gasteiger partial charge on any atom is -0.481 e. The van der Waals surface area contributed by atoms with Crippen LogP contribution in [0.25, 0.3) is 0 Å². The zero-order valence-electron chi connectivity index (χ0n) is 14.1. The van der Waals surface area contributed by atoms with Crippen LogP contribution in [0.5, 0.6) is 0 Å². The zero-order chi connectivity index (χ0) is 16.7. The van der Waals surface area contributed by atoms with Gasteiger partial charge in [0.1, 0.15) is 0 Å². The number of carbonyl (C=O) groups is 1. The number of rotatable bonds is 8. The molecule has 1 aliphatic carbocycles. The molecule has 0 spiro atoms. The summed E-state index contributed by atoms with van der Waals surface area (Å²) in [4.78, 5) is 13.9. The minimum atomic E-state index is -0.719. The van der Waals surface area contributed by atoms with Crippen LogP contribution in [0.1, 0.15) is 24.8 Å². The van der Waals surface area contributed by atoms with E-state index in [2.05, 4.69) is 37.2 Å². The van der Waals surface area contributed by atoms with Gasteiger partial charge in [0, 0.05) is 5.41 Å². The van der Waals surface area contributed by atoms with Crippen molar-refractivity contribution in [3.05, 3.63) is 60.2 Å². The van der Waals surface area contributed by atoms with Crippen LogP contribution in [0.2, 0.25) is 0 Å². The van der Waals surface area contributed by atoms with Crippen molar-refractivity contribution in [3.8, 4) is 0 Å². The normalized spacial score (nSPS) is 23.3. The Kier molecular flexibility index (Phi) is 6.17. The minimum absolute atomic E-state index is 0.285. The standard InChI is InChI=1S/C20H27NO2/c1-21(2)16-8-14-20(13-7-6-11-18(20)19(22)23)15-12-17-9-4-3-5-10-17/h3-7,9-11,13,18H,8,12,14-16H2,1-2H3,(H,22,23). The van der Waals surface area contributed by atoms with Crippen molar-refractivity contribution in [2.75, 3.05) is 20.6 Å². The van der Waals surface area contributed by atoms with E-state index >= 15 is 0 Å². The molecule has 124 valence electrons. The Bertz CT molecular complexity index is 562. The zero-order valence-corrected chi connectivity index (χ0v) is 14.1. The van der Waals surface area contributed by atoms with E-state index in [0.717, 1.165) is 32.2 Å². The summed E-state index contributed by atoms with van der Waals surface area (Å²) in [5.41, 5.74) is 0.985. The molecule has 1 aromatic carbocycles. The van der Waals surface area contributed by atoms with E-state index in [9.17, 15) is 9.90 Å². The molecule has 0 amide bonds. The smallest absolute Gasteiger partial charge is 0.311 e. The Morgan fingerprint density at radius 1 is 1.17 bits per heavy atom. The van der Waals surface area contributed by atoms with E-state index in [1.807, 2.05) is 36.4 Å². The van der Waals surface area contributed by atoms with Crippen LogP contribution in [-0.2, 0) is 11.2 Å². The molecule has 0 saturated carbocycles. The summed E-state index contributed by atoms with van der Waals surface area (Å²) >= 11 is 0. The number of carboxylic acids is 1. The largest absolute Gasteiger partial charge is 0.481 e. The van der Waals surface area contributed by atoms with Crippen molar-refractivity contribution < 1.29 is 9.90 Å². The molecular weight excluding hydrogens is 286 g/mol. The molecule has 0 fully saturated rings. The average molecular weight is 313 g/mol. The third kappa shape index (κ3) is 4.80. The second-order valence-electron chi connectivity index (χ2n) is 6.69. The maximum Gasteiger partial charge on any atom is 0.311 e. The summed E-state index contributed by atoms with van der Waals surface area (Å²) in [6.07, 6.45) is 11.5. The van der Waals surface area contributed by atoms with E-state index in [1.54, 1.807) is 0 Å². The SMILES string of the molecule is CN(C)CCCC1(CCc2ccccc2)C=CC=CC1C(=O)O. The first-order valence-electron chi connectivity index (χ1n) is 8.31. The molecule has 1 aromatic rings. The Hall–Kier alpha value is -1.87. The lowest BCUT2D eigenvalue weighted by Crippen LogP contribution is -2.35. The number of carboxylic acid groups (broad SMARTS) is 1. The molecular formula is C20H27NO2. The first kappa shape index (κ1) is 17.5. The van der Waals surface area contributed by atoms with Crippen LogP contribution in [0.3, 0.4) is 0 Å². The van der Waals surface area contributed by atoms with Crippen molar-refractivity contribution in [3.63, 3.8) is 0 Å². The fourth-order valence-electron chi connectivity index (χ4n) is 3.39.